The van der Waals surface area contributed by atoms with E-state index in [-0.39, 0.29) is 24.4 Å². The Kier molecular flexibility index (Phi) is 6.56. The first-order valence-electron chi connectivity index (χ1n) is 7.58. The Morgan fingerprint density at radius 2 is 2.43 bits per heavy atom. The van der Waals surface area contributed by atoms with Crippen molar-refractivity contribution in [1.29, 1.82) is 0 Å². The summed E-state index contributed by atoms with van der Waals surface area (Å²) in [5.41, 5.74) is 0.952. The summed E-state index contributed by atoms with van der Waals surface area (Å²) in [6.07, 6.45) is 2.82. The van der Waals surface area contributed by atoms with E-state index in [9.17, 15) is 4.79 Å². The van der Waals surface area contributed by atoms with Crippen LogP contribution in [-0.4, -0.2) is 34.7 Å². The first-order chi connectivity index (χ1) is 10.7. The van der Waals surface area contributed by atoms with Crippen LogP contribution < -0.4 is 10.6 Å². The van der Waals surface area contributed by atoms with Gasteiger partial charge in [0.1, 0.15) is 0 Å². The van der Waals surface area contributed by atoms with Crippen molar-refractivity contribution in [3.8, 4) is 11.4 Å². The lowest BCUT2D eigenvalue weighted by Gasteiger charge is -2.28. The summed E-state index contributed by atoms with van der Waals surface area (Å²) in [6.45, 7) is 3.10. The minimum absolute atomic E-state index is 0. The van der Waals surface area contributed by atoms with Gasteiger partial charge in [0.2, 0.25) is 17.6 Å². The summed E-state index contributed by atoms with van der Waals surface area (Å²) >= 11 is 1.59. The molecule has 1 aliphatic heterocycles. The Hall–Kier alpha value is -1.44. The van der Waals surface area contributed by atoms with Crippen molar-refractivity contribution in [2.75, 3.05) is 6.54 Å². The van der Waals surface area contributed by atoms with E-state index in [0.717, 1.165) is 24.9 Å². The molecule has 1 fully saturated rings. The number of hydrogen-bond acceptors (Lipinski definition) is 6. The first kappa shape index (κ1) is 17.9. The molecule has 1 amide bonds. The second-order valence-electron chi connectivity index (χ2n) is 5.67. The quantitative estimate of drug-likeness (QED) is 0.859. The van der Waals surface area contributed by atoms with Crippen molar-refractivity contribution in [2.24, 2.45) is 0 Å². The van der Waals surface area contributed by atoms with Gasteiger partial charge < -0.3 is 15.2 Å². The van der Waals surface area contributed by atoms with Gasteiger partial charge in [-0.2, -0.15) is 16.3 Å². The van der Waals surface area contributed by atoms with Gasteiger partial charge >= 0.3 is 0 Å². The minimum Gasteiger partial charge on any atom is -0.353 e. The number of nitrogens with one attached hydrogen (secondary N) is 2. The fraction of sp³-hybridized carbons (Fsp3) is 0.533. The van der Waals surface area contributed by atoms with E-state index in [0.29, 0.717) is 30.6 Å². The summed E-state index contributed by atoms with van der Waals surface area (Å²) in [5, 5.41) is 14.3. The third-order valence-corrected chi connectivity index (χ3v) is 4.49. The van der Waals surface area contributed by atoms with Crippen LogP contribution in [0.2, 0.25) is 0 Å². The maximum atomic E-state index is 12.0. The average molecular weight is 357 g/mol. The highest BCUT2D eigenvalue weighted by Gasteiger charge is 2.20. The number of carbonyl (C=O) groups is 1. The lowest BCUT2D eigenvalue weighted by Crippen LogP contribution is -2.46. The maximum Gasteiger partial charge on any atom is 0.227 e. The smallest absolute Gasteiger partial charge is 0.227 e. The van der Waals surface area contributed by atoms with Gasteiger partial charge in [-0.1, -0.05) is 5.16 Å². The number of rotatable bonds is 5. The Balaban J connectivity index is 0.00000192. The summed E-state index contributed by atoms with van der Waals surface area (Å²) in [4.78, 5) is 16.3. The molecular weight excluding hydrogens is 336 g/mol. The number of hydrogen-bond donors (Lipinski definition) is 2. The van der Waals surface area contributed by atoms with Crippen molar-refractivity contribution >= 4 is 29.7 Å². The zero-order chi connectivity index (χ0) is 15.4. The molecule has 8 heteroatoms. The molecule has 0 radical (unpaired) electrons. The van der Waals surface area contributed by atoms with Crippen molar-refractivity contribution < 1.29 is 9.32 Å². The standard InChI is InChI=1S/C15H20N4O2S.ClH/c1-10-8-12(4-6-16-10)17-13(20)2-3-14-18-15(19-21-14)11-5-7-22-9-11;/h5,7,9-10,12,16H,2-4,6,8H2,1H3,(H,17,20);1H. The predicted molar refractivity (Wildman–Crippen MR) is 91.8 cm³/mol. The van der Waals surface area contributed by atoms with Gasteiger partial charge in [-0.05, 0) is 37.8 Å². The fourth-order valence-electron chi connectivity index (χ4n) is 2.65. The number of aryl methyl sites for hydroxylation is 1. The summed E-state index contributed by atoms with van der Waals surface area (Å²) in [6, 6.07) is 2.68. The highest BCUT2D eigenvalue weighted by molar-refractivity contribution is 7.08. The number of amides is 1. The zero-order valence-electron chi connectivity index (χ0n) is 12.9. The molecule has 3 heterocycles. The van der Waals surface area contributed by atoms with E-state index >= 15 is 0 Å². The molecule has 2 aromatic rings. The van der Waals surface area contributed by atoms with Crippen LogP contribution in [-0.2, 0) is 11.2 Å². The van der Waals surface area contributed by atoms with Gasteiger partial charge in [0.05, 0.1) is 0 Å². The molecule has 23 heavy (non-hydrogen) atoms. The molecule has 3 rings (SSSR count). The first-order valence-corrected chi connectivity index (χ1v) is 8.53. The van der Waals surface area contributed by atoms with E-state index in [1.54, 1.807) is 11.3 Å². The molecule has 126 valence electrons. The molecule has 1 aliphatic rings. The number of halogens is 1. The van der Waals surface area contributed by atoms with Crippen molar-refractivity contribution in [2.45, 2.75) is 44.7 Å². The van der Waals surface area contributed by atoms with Gasteiger partial charge in [0, 0.05) is 35.9 Å². The van der Waals surface area contributed by atoms with Gasteiger partial charge in [-0.15, -0.1) is 12.4 Å². The van der Waals surface area contributed by atoms with E-state index in [1.807, 2.05) is 16.8 Å². The number of piperidine rings is 1. The Labute approximate surface area is 145 Å². The normalized spacial score (nSPS) is 20.7. The summed E-state index contributed by atoms with van der Waals surface area (Å²) in [7, 11) is 0. The Bertz CT molecular complexity index is 617. The molecule has 2 unspecified atom stereocenters. The molecule has 2 aromatic heterocycles. The van der Waals surface area contributed by atoms with Crippen LogP contribution in [0.5, 0.6) is 0 Å². The van der Waals surface area contributed by atoms with Gasteiger partial charge in [0.15, 0.2) is 0 Å². The maximum absolute atomic E-state index is 12.0. The van der Waals surface area contributed by atoms with Crippen LogP contribution in [0.4, 0.5) is 0 Å². The Morgan fingerprint density at radius 1 is 1.57 bits per heavy atom. The molecule has 2 atom stereocenters. The van der Waals surface area contributed by atoms with Gasteiger partial charge in [0.25, 0.3) is 0 Å². The molecule has 0 aromatic carbocycles. The number of thiophene rings is 1. The lowest BCUT2D eigenvalue weighted by molar-refractivity contribution is -0.122. The third kappa shape index (κ3) is 5.02. The number of nitrogens with zero attached hydrogens (tertiary/aromatic N) is 2. The highest BCUT2D eigenvalue weighted by atomic mass is 35.5. The zero-order valence-corrected chi connectivity index (χ0v) is 14.6. The Morgan fingerprint density at radius 3 is 3.17 bits per heavy atom. The van der Waals surface area contributed by atoms with Crippen LogP contribution in [0.1, 0.15) is 32.1 Å². The highest BCUT2D eigenvalue weighted by Crippen LogP contribution is 2.19. The van der Waals surface area contributed by atoms with E-state index in [4.69, 9.17) is 4.52 Å². The van der Waals surface area contributed by atoms with E-state index < -0.39 is 0 Å². The van der Waals surface area contributed by atoms with Gasteiger partial charge in [-0.25, -0.2) is 0 Å². The molecule has 2 N–H and O–H groups in total. The minimum atomic E-state index is 0. The van der Waals surface area contributed by atoms with E-state index in [2.05, 4.69) is 27.7 Å². The van der Waals surface area contributed by atoms with Crippen molar-refractivity contribution in [3.63, 3.8) is 0 Å². The number of carbonyl (C=O) groups excluding carboxylic acids is 1. The molecule has 0 bridgehead atoms. The van der Waals surface area contributed by atoms with Crippen molar-refractivity contribution in [3.05, 3.63) is 22.7 Å². The SMILES string of the molecule is CC1CC(NC(=O)CCc2nc(-c3ccsc3)no2)CCN1.Cl. The second-order valence-corrected chi connectivity index (χ2v) is 6.45. The van der Waals surface area contributed by atoms with E-state index in [1.165, 1.54) is 0 Å². The summed E-state index contributed by atoms with van der Waals surface area (Å²) < 4.78 is 5.20. The lowest BCUT2D eigenvalue weighted by atomic mass is 10.0. The van der Waals surface area contributed by atoms with Crippen LogP contribution in [0.15, 0.2) is 21.3 Å². The predicted octanol–water partition coefficient (Wildman–Crippen LogP) is 2.41. The van der Waals surface area contributed by atoms with Crippen LogP contribution in [0.25, 0.3) is 11.4 Å². The number of aromatic nitrogens is 2. The van der Waals surface area contributed by atoms with Crippen LogP contribution >= 0.6 is 23.7 Å². The van der Waals surface area contributed by atoms with Crippen LogP contribution in [0, 0.1) is 0 Å². The van der Waals surface area contributed by atoms with Crippen LogP contribution in [0.3, 0.4) is 0 Å². The molecule has 1 saturated heterocycles. The second kappa shape index (κ2) is 8.42. The fourth-order valence-corrected chi connectivity index (χ4v) is 3.28. The molecule has 0 aliphatic carbocycles. The largest absolute Gasteiger partial charge is 0.353 e. The third-order valence-electron chi connectivity index (χ3n) is 3.80. The monoisotopic (exact) mass is 356 g/mol. The molecular formula is C15H21ClN4O2S. The van der Waals surface area contributed by atoms with Gasteiger partial charge in [-0.3, -0.25) is 4.79 Å². The molecule has 0 saturated carbocycles. The van der Waals surface area contributed by atoms with Crippen molar-refractivity contribution in [1.82, 2.24) is 20.8 Å². The topological polar surface area (TPSA) is 80.1 Å². The summed E-state index contributed by atoms with van der Waals surface area (Å²) in [5.74, 6) is 1.15. The molecule has 6 nitrogen and oxygen atoms in total. The molecule has 0 spiro atoms. The average Bonchev–Trinajstić information content (AvgIpc) is 3.16.